The van der Waals surface area contributed by atoms with Crippen LogP contribution in [-0.4, -0.2) is 33.4 Å². The Hall–Kier alpha value is -2.56. The number of hydrogen-bond acceptors (Lipinski definition) is 4. The van der Waals surface area contributed by atoms with E-state index in [1.54, 1.807) is 28.4 Å². The van der Waals surface area contributed by atoms with Gasteiger partial charge >= 0.3 is 0 Å². The molecule has 0 bridgehead atoms. The molecule has 0 unspecified atom stereocenters. The summed E-state index contributed by atoms with van der Waals surface area (Å²) in [6.45, 7) is 0. The third kappa shape index (κ3) is 1.93. The van der Waals surface area contributed by atoms with Gasteiger partial charge in [0.05, 0.1) is 34.0 Å². The van der Waals surface area contributed by atoms with Gasteiger partial charge in [-0.15, -0.1) is 0 Å². The molecule has 0 amide bonds. The average Bonchev–Trinajstić information content (AvgIpc) is 2.89. The van der Waals surface area contributed by atoms with Crippen molar-refractivity contribution in [3.8, 4) is 23.0 Å². The monoisotopic (exact) mass is 287 g/mol. The highest BCUT2D eigenvalue weighted by Crippen LogP contribution is 2.45. The second-order valence-electron chi connectivity index (χ2n) is 4.60. The van der Waals surface area contributed by atoms with Gasteiger partial charge in [-0.05, 0) is 24.3 Å². The second-order valence-corrected chi connectivity index (χ2v) is 4.60. The first-order chi connectivity index (χ1) is 10.2. The summed E-state index contributed by atoms with van der Waals surface area (Å²) in [7, 11) is 6.47. The van der Waals surface area contributed by atoms with E-state index in [4.69, 9.17) is 18.9 Å². The molecule has 0 fully saturated rings. The molecule has 1 heterocycles. The lowest BCUT2D eigenvalue weighted by Gasteiger charge is -2.12. The van der Waals surface area contributed by atoms with Crippen LogP contribution in [0.15, 0.2) is 24.3 Å². The van der Waals surface area contributed by atoms with Crippen molar-refractivity contribution < 1.29 is 18.9 Å². The zero-order valence-corrected chi connectivity index (χ0v) is 12.4. The Kier molecular flexibility index (Phi) is 3.25. The molecule has 0 aliphatic carbocycles. The van der Waals surface area contributed by atoms with Crippen molar-refractivity contribution >= 4 is 21.8 Å². The number of aromatic nitrogens is 1. The quantitative estimate of drug-likeness (QED) is 0.799. The lowest BCUT2D eigenvalue weighted by Crippen LogP contribution is -1.95. The molecular formula is C16H17NO4. The Labute approximate surface area is 122 Å². The maximum atomic E-state index is 5.51. The van der Waals surface area contributed by atoms with E-state index in [1.807, 2.05) is 24.3 Å². The summed E-state index contributed by atoms with van der Waals surface area (Å²) in [5, 5.41) is 2.04. The van der Waals surface area contributed by atoms with E-state index in [-0.39, 0.29) is 0 Å². The van der Waals surface area contributed by atoms with Crippen molar-refractivity contribution in [3.63, 3.8) is 0 Å². The number of methoxy groups -OCH3 is 4. The number of rotatable bonds is 4. The van der Waals surface area contributed by atoms with E-state index in [9.17, 15) is 0 Å². The Balaban J connectivity index is 2.44. The van der Waals surface area contributed by atoms with E-state index in [0.29, 0.717) is 17.2 Å². The fourth-order valence-electron chi connectivity index (χ4n) is 2.61. The van der Waals surface area contributed by atoms with Crippen LogP contribution in [0.2, 0.25) is 0 Å². The van der Waals surface area contributed by atoms with Crippen molar-refractivity contribution in [2.24, 2.45) is 0 Å². The Morgan fingerprint density at radius 3 is 2.14 bits per heavy atom. The molecule has 0 saturated heterocycles. The number of fused-ring (bicyclic) bond motifs is 3. The maximum Gasteiger partial charge on any atom is 0.205 e. The van der Waals surface area contributed by atoms with Gasteiger partial charge in [0.2, 0.25) is 5.75 Å². The predicted octanol–water partition coefficient (Wildman–Crippen LogP) is 3.36. The molecule has 5 nitrogen and oxygen atoms in total. The van der Waals surface area contributed by atoms with Crippen molar-refractivity contribution in [2.45, 2.75) is 0 Å². The van der Waals surface area contributed by atoms with Crippen LogP contribution >= 0.6 is 0 Å². The van der Waals surface area contributed by atoms with Gasteiger partial charge in [0, 0.05) is 16.3 Å². The number of benzene rings is 2. The lowest BCUT2D eigenvalue weighted by atomic mass is 10.1. The third-order valence-electron chi connectivity index (χ3n) is 3.61. The standard InChI is InChI=1S/C16H17NO4/c1-18-9-5-6-12-10(7-9)11-8-13(19-2)15(20-3)16(21-4)14(11)17-12/h5-8,17H,1-4H3. The molecule has 1 N–H and O–H groups in total. The Bertz CT molecular complexity index is 807. The molecule has 5 heteroatoms. The van der Waals surface area contributed by atoms with Crippen LogP contribution in [0.25, 0.3) is 21.8 Å². The van der Waals surface area contributed by atoms with Crippen LogP contribution in [0.3, 0.4) is 0 Å². The van der Waals surface area contributed by atoms with E-state index in [0.717, 1.165) is 27.6 Å². The Morgan fingerprint density at radius 1 is 0.762 bits per heavy atom. The minimum atomic E-state index is 0.575. The first-order valence-electron chi connectivity index (χ1n) is 6.51. The van der Waals surface area contributed by atoms with E-state index >= 15 is 0 Å². The minimum Gasteiger partial charge on any atom is -0.497 e. The van der Waals surface area contributed by atoms with Gasteiger partial charge in [-0.1, -0.05) is 0 Å². The molecule has 0 radical (unpaired) electrons. The minimum absolute atomic E-state index is 0.575. The molecule has 0 spiro atoms. The molecule has 3 rings (SSSR count). The largest absolute Gasteiger partial charge is 0.497 e. The predicted molar refractivity (Wildman–Crippen MR) is 82.0 cm³/mol. The SMILES string of the molecule is COc1ccc2[nH]c3c(OC)c(OC)c(OC)cc3c2c1. The highest BCUT2D eigenvalue weighted by atomic mass is 16.5. The van der Waals surface area contributed by atoms with Gasteiger partial charge < -0.3 is 23.9 Å². The Morgan fingerprint density at radius 2 is 1.52 bits per heavy atom. The normalized spacial score (nSPS) is 10.9. The highest BCUT2D eigenvalue weighted by molar-refractivity contribution is 6.11. The summed E-state index contributed by atoms with van der Waals surface area (Å²) >= 11 is 0. The third-order valence-corrected chi connectivity index (χ3v) is 3.61. The fourth-order valence-corrected chi connectivity index (χ4v) is 2.61. The second kappa shape index (κ2) is 5.09. The smallest absolute Gasteiger partial charge is 0.205 e. The van der Waals surface area contributed by atoms with Gasteiger partial charge in [0.1, 0.15) is 5.75 Å². The van der Waals surface area contributed by atoms with Crippen molar-refractivity contribution in [1.29, 1.82) is 0 Å². The van der Waals surface area contributed by atoms with Crippen LogP contribution in [-0.2, 0) is 0 Å². The number of aromatic amines is 1. The number of hydrogen-bond donors (Lipinski definition) is 1. The van der Waals surface area contributed by atoms with Gasteiger partial charge in [0.25, 0.3) is 0 Å². The van der Waals surface area contributed by atoms with Crippen molar-refractivity contribution in [2.75, 3.05) is 28.4 Å². The van der Waals surface area contributed by atoms with Crippen LogP contribution in [0.1, 0.15) is 0 Å². The molecule has 0 saturated carbocycles. The lowest BCUT2D eigenvalue weighted by molar-refractivity contribution is 0.327. The van der Waals surface area contributed by atoms with Crippen molar-refractivity contribution in [1.82, 2.24) is 4.98 Å². The maximum absolute atomic E-state index is 5.51. The molecule has 21 heavy (non-hydrogen) atoms. The summed E-state index contributed by atoms with van der Waals surface area (Å²) in [6.07, 6.45) is 0. The van der Waals surface area contributed by atoms with E-state index in [1.165, 1.54) is 0 Å². The fraction of sp³-hybridized carbons (Fsp3) is 0.250. The molecule has 110 valence electrons. The molecule has 0 aliphatic rings. The topological polar surface area (TPSA) is 52.7 Å². The molecule has 0 aliphatic heterocycles. The molecule has 1 aromatic heterocycles. The average molecular weight is 287 g/mol. The molecule has 2 aromatic carbocycles. The first kappa shape index (κ1) is 13.4. The van der Waals surface area contributed by atoms with Gasteiger partial charge in [-0.3, -0.25) is 0 Å². The number of nitrogens with one attached hydrogen (secondary N) is 1. The van der Waals surface area contributed by atoms with E-state index < -0.39 is 0 Å². The summed E-state index contributed by atoms with van der Waals surface area (Å²) in [6, 6.07) is 7.82. The van der Waals surface area contributed by atoms with Crippen LogP contribution in [0.5, 0.6) is 23.0 Å². The summed E-state index contributed by atoms with van der Waals surface area (Å²) in [4.78, 5) is 3.36. The zero-order valence-electron chi connectivity index (χ0n) is 12.4. The molecular weight excluding hydrogens is 270 g/mol. The molecule has 0 atom stereocenters. The molecule has 3 aromatic rings. The van der Waals surface area contributed by atoms with Crippen LogP contribution in [0, 0.1) is 0 Å². The van der Waals surface area contributed by atoms with Gasteiger partial charge in [0.15, 0.2) is 11.5 Å². The van der Waals surface area contributed by atoms with Gasteiger partial charge in [-0.2, -0.15) is 0 Å². The number of H-pyrrole nitrogens is 1. The van der Waals surface area contributed by atoms with Gasteiger partial charge in [-0.25, -0.2) is 0 Å². The van der Waals surface area contributed by atoms with E-state index in [2.05, 4.69) is 4.98 Å². The van der Waals surface area contributed by atoms with Crippen LogP contribution < -0.4 is 18.9 Å². The first-order valence-corrected chi connectivity index (χ1v) is 6.51. The summed E-state index contributed by atoms with van der Waals surface area (Å²) < 4.78 is 21.6. The summed E-state index contributed by atoms with van der Waals surface area (Å²) in [5.41, 5.74) is 1.87. The van der Waals surface area contributed by atoms with Crippen LogP contribution in [0.4, 0.5) is 0 Å². The zero-order chi connectivity index (χ0) is 15.0. The summed E-state index contributed by atoms with van der Waals surface area (Å²) in [5.74, 6) is 2.63. The highest BCUT2D eigenvalue weighted by Gasteiger charge is 2.19. The van der Waals surface area contributed by atoms with Crippen molar-refractivity contribution in [3.05, 3.63) is 24.3 Å². The number of ether oxygens (including phenoxy) is 4.